The molecule has 0 saturated heterocycles. The molecule has 0 radical (unpaired) electrons. The molecular weight excluding hydrogens is 329 g/mol. The molecule has 128 valence electrons. The number of aryl methyl sites for hydroxylation is 1. The van der Waals surface area contributed by atoms with Crippen LogP contribution in [0.3, 0.4) is 0 Å². The smallest absolute Gasteiger partial charge is 0.257 e. The number of hydrogen-bond acceptors (Lipinski definition) is 2. The molecule has 0 saturated carbocycles. The quantitative estimate of drug-likeness (QED) is 0.584. The van der Waals surface area contributed by atoms with Gasteiger partial charge in [0.25, 0.3) is 5.91 Å². The largest absolute Gasteiger partial charge is 0.306 e. The lowest BCUT2D eigenvalue weighted by Crippen LogP contribution is -2.15. The number of fused-ring (bicyclic) bond motifs is 1. The van der Waals surface area contributed by atoms with Crippen molar-refractivity contribution < 1.29 is 9.18 Å². The molecule has 26 heavy (non-hydrogen) atoms. The van der Waals surface area contributed by atoms with Crippen LogP contribution in [-0.4, -0.2) is 15.7 Å². The van der Waals surface area contributed by atoms with Gasteiger partial charge in [0.1, 0.15) is 11.6 Å². The lowest BCUT2D eigenvalue weighted by atomic mass is 10.0. The van der Waals surface area contributed by atoms with E-state index >= 15 is 0 Å². The molecule has 0 aliphatic carbocycles. The Morgan fingerprint density at radius 1 is 1.00 bits per heavy atom. The minimum absolute atomic E-state index is 0.218. The number of anilines is 1. The predicted molar refractivity (Wildman–Crippen MR) is 100 cm³/mol. The molecule has 1 aromatic heterocycles. The second-order valence-electron chi connectivity index (χ2n) is 6.04. The highest BCUT2D eigenvalue weighted by Crippen LogP contribution is 2.22. The van der Waals surface area contributed by atoms with Crippen molar-refractivity contribution >= 4 is 22.5 Å². The standard InChI is InChI=1S/C21H16FN3O/c1-14-13-20(25(24-14)17-11-9-16(22)10-12-17)23-21(26)19-8-4-6-15-5-2-3-7-18(15)19/h2-13H,1H3,(H,23,26). The van der Waals surface area contributed by atoms with Crippen molar-refractivity contribution in [1.82, 2.24) is 9.78 Å². The summed E-state index contributed by atoms with van der Waals surface area (Å²) < 4.78 is 14.8. The van der Waals surface area contributed by atoms with Gasteiger partial charge in [0.2, 0.25) is 0 Å². The van der Waals surface area contributed by atoms with E-state index in [4.69, 9.17) is 0 Å². The van der Waals surface area contributed by atoms with Gasteiger partial charge in [-0.1, -0.05) is 36.4 Å². The number of rotatable bonds is 3. The van der Waals surface area contributed by atoms with Crippen molar-refractivity contribution in [1.29, 1.82) is 0 Å². The highest BCUT2D eigenvalue weighted by atomic mass is 19.1. The first kappa shape index (κ1) is 16.0. The summed E-state index contributed by atoms with van der Waals surface area (Å²) in [5.41, 5.74) is 2.02. The number of halogens is 1. The van der Waals surface area contributed by atoms with E-state index in [1.54, 1.807) is 28.9 Å². The fourth-order valence-electron chi connectivity index (χ4n) is 2.97. The molecule has 0 aliphatic heterocycles. The Morgan fingerprint density at radius 3 is 2.54 bits per heavy atom. The molecule has 5 heteroatoms. The van der Waals surface area contributed by atoms with Gasteiger partial charge in [-0.25, -0.2) is 9.07 Å². The van der Waals surface area contributed by atoms with Crippen LogP contribution in [-0.2, 0) is 0 Å². The number of carbonyl (C=O) groups is 1. The predicted octanol–water partition coefficient (Wildman–Crippen LogP) is 4.73. The minimum atomic E-state index is -0.320. The van der Waals surface area contributed by atoms with Crippen LogP contribution in [0.5, 0.6) is 0 Å². The van der Waals surface area contributed by atoms with Gasteiger partial charge in [0, 0.05) is 11.6 Å². The highest BCUT2D eigenvalue weighted by Gasteiger charge is 2.14. The average molecular weight is 345 g/mol. The van der Waals surface area contributed by atoms with Gasteiger partial charge in [-0.3, -0.25) is 4.79 Å². The number of hydrogen-bond donors (Lipinski definition) is 1. The Kier molecular flexibility index (Phi) is 3.97. The average Bonchev–Trinajstić information content (AvgIpc) is 3.02. The number of nitrogens with one attached hydrogen (secondary N) is 1. The molecule has 3 aromatic carbocycles. The topological polar surface area (TPSA) is 46.9 Å². The molecule has 4 rings (SSSR count). The van der Waals surface area contributed by atoms with Crippen LogP contribution in [0.2, 0.25) is 0 Å². The first-order chi connectivity index (χ1) is 12.6. The van der Waals surface area contributed by atoms with Crippen molar-refractivity contribution in [2.75, 3.05) is 5.32 Å². The molecule has 0 spiro atoms. The number of benzene rings is 3. The summed E-state index contributed by atoms with van der Waals surface area (Å²) in [6, 6.07) is 21.1. The molecule has 1 heterocycles. The van der Waals surface area contributed by atoms with Crippen LogP contribution in [0, 0.1) is 12.7 Å². The minimum Gasteiger partial charge on any atom is -0.306 e. The van der Waals surface area contributed by atoms with E-state index < -0.39 is 0 Å². The van der Waals surface area contributed by atoms with Crippen LogP contribution in [0.4, 0.5) is 10.2 Å². The second kappa shape index (κ2) is 6.44. The van der Waals surface area contributed by atoms with Crippen LogP contribution in [0.25, 0.3) is 16.5 Å². The Morgan fingerprint density at radius 2 is 1.73 bits per heavy atom. The molecule has 0 bridgehead atoms. The Labute approximate surface area is 149 Å². The summed E-state index contributed by atoms with van der Waals surface area (Å²) >= 11 is 0. The van der Waals surface area contributed by atoms with Crippen molar-refractivity contribution in [2.24, 2.45) is 0 Å². The summed E-state index contributed by atoms with van der Waals surface area (Å²) in [7, 11) is 0. The van der Waals surface area contributed by atoms with Gasteiger partial charge in [-0.15, -0.1) is 0 Å². The molecule has 0 fully saturated rings. The molecule has 0 atom stereocenters. The Bertz CT molecular complexity index is 1090. The molecule has 4 aromatic rings. The second-order valence-corrected chi connectivity index (χ2v) is 6.04. The normalized spacial score (nSPS) is 10.8. The lowest BCUT2D eigenvalue weighted by Gasteiger charge is -2.10. The molecule has 4 nitrogen and oxygen atoms in total. The fraction of sp³-hybridized carbons (Fsp3) is 0.0476. The zero-order valence-corrected chi connectivity index (χ0v) is 14.1. The zero-order valence-electron chi connectivity index (χ0n) is 14.1. The summed E-state index contributed by atoms with van der Waals surface area (Å²) in [4.78, 5) is 12.9. The van der Waals surface area contributed by atoms with Gasteiger partial charge in [-0.05, 0) is 48.0 Å². The van der Waals surface area contributed by atoms with Gasteiger partial charge >= 0.3 is 0 Å². The lowest BCUT2D eigenvalue weighted by molar-refractivity contribution is 0.102. The third-order valence-corrected chi connectivity index (χ3v) is 4.18. The summed E-state index contributed by atoms with van der Waals surface area (Å²) in [6.45, 7) is 1.84. The molecule has 0 aliphatic rings. The van der Waals surface area contributed by atoms with E-state index in [1.165, 1.54) is 12.1 Å². The number of carbonyl (C=O) groups excluding carboxylic acids is 1. The number of aromatic nitrogens is 2. The van der Waals surface area contributed by atoms with E-state index in [1.807, 2.05) is 43.3 Å². The number of amides is 1. The van der Waals surface area contributed by atoms with Crippen molar-refractivity contribution in [3.05, 3.63) is 89.9 Å². The maximum Gasteiger partial charge on any atom is 0.257 e. The first-order valence-corrected chi connectivity index (χ1v) is 8.23. The first-order valence-electron chi connectivity index (χ1n) is 8.23. The maximum atomic E-state index is 13.2. The van der Waals surface area contributed by atoms with Gasteiger partial charge in [0.15, 0.2) is 0 Å². The van der Waals surface area contributed by atoms with E-state index in [-0.39, 0.29) is 11.7 Å². The van der Waals surface area contributed by atoms with E-state index in [0.717, 1.165) is 16.5 Å². The van der Waals surface area contributed by atoms with Gasteiger partial charge < -0.3 is 5.32 Å². The third kappa shape index (κ3) is 2.95. The third-order valence-electron chi connectivity index (χ3n) is 4.18. The van der Waals surface area contributed by atoms with Crippen LogP contribution in [0.1, 0.15) is 16.1 Å². The van der Waals surface area contributed by atoms with E-state index in [9.17, 15) is 9.18 Å². The van der Waals surface area contributed by atoms with E-state index in [0.29, 0.717) is 17.1 Å². The number of nitrogens with zero attached hydrogens (tertiary/aromatic N) is 2. The van der Waals surface area contributed by atoms with E-state index in [2.05, 4.69) is 10.4 Å². The molecule has 1 amide bonds. The molecule has 0 unspecified atom stereocenters. The van der Waals surface area contributed by atoms with Crippen LogP contribution in [0.15, 0.2) is 72.8 Å². The summed E-state index contributed by atoms with van der Waals surface area (Å²) in [6.07, 6.45) is 0. The molecule has 1 N–H and O–H groups in total. The zero-order chi connectivity index (χ0) is 18.1. The summed E-state index contributed by atoms with van der Waals surface area (Å²) in [5.74, 6) is -0.00364. The maximum absolute atomic E-state index is 13.2. The van der Waals surface area contributed by atoms with Crippen molar-refractivity contribution in [3.63, 3.8) is 0 Å². The Hall–Kier alpha value is -3.47. The van der Waals surface area contributed by atoms with Crippen molar-refractivity contribution in [2.45, 2.75) is 6.92 Å². The molecular formula is C21H16FN3O. The Balaban J connectivity index is 1.71. The summed E-state index contributed by atoms with van der Waals surface area (Å²) in [5, 5.41) is 9.21. The van der Waals surface area contributed by atoms with Gasteiger partial charge in [0.05, 0.1) is 11.4 Å². The van der Waals surface area contributed by atoms with Crippen LogP contribution >= 0.6 is 0 Å². The fourth-order valence-corrected chi connectivity index (χ4v) is 2.97. The monoisotopic (exact) mass is 345 g/mol. The SMILES string of the molecule is Cc1cc(NC(=O)c2cccc3ccccc23)n(-c2ccc(F)cc2)n1. The van der Waals surface area contributed by atoms with Gasteiger partial charge in [-0.2, -0.15) is 5.10 Å². The van der Waals surface area contributed by atoms with Crippen molar-refractivity contribution in [3.8, 4) is 5.69 Å². The highest BCUT2D eigenvalue weighted by molar-refractivity contribution is 6.12. The van der Waals surface area contributed by atoms with Crippen LogP contribution < -0.4 is 5.32 Å².